The molecule has 0 amide bonds. The van der Waals surface area contributed by atoms with Gasteiger partial charge in [-0.2, -0.15) is 0 Å². The van der Waals surface area contributed by atoms with Crippen molar-refractivity contribution in [2.45, 2.75) is 45.4 Å². The highest BCUT2D eigenvalue weighted by Crippen LogP contribution is 2.40. The molecule has 0 aliphatic heterocycles. The zero-order chi connectivity index (χ0) is 10.4. The molecule has 1 aliphatic carbocycles. The standard InChI is InChI=1S/C12H24BrN/c1-3-4-9-14(2)11-12(10-13)7-5-6-8-12/h3-11H2,1-2H3. The molecular formula is C12H24BrN. The quantitative estimate of drug-likeness (QED) is 0.660. The SMILES string of the molecule is CCCCN(C)CC1(CBr)CCCC1. The third-order valence-electron chi connectivity index (χ3n) is 3.45. The van der Waals surface area contributed by atoms with Crippen LogP contribution in [0.2, 0.25) is 0 Å². The fourth-order valence-corrected chi connectivity index (χ4v) is 3.28. The summed E-state index contributed by atoms with van der Waals surface area (Å²) in [7, 11) is 2.28. The Labute approximate surface area is 97.4 Å². The van der Waals surface area contributed by atoms with Crippen LogP contribution in [0.25, 0.3) is 0 Å². The van der Waals surface area contributed by atoms with E-state index in [0.717, 1.165) is 0 Å². The summed E-state index contributed by atoms with van der Waals surface area (Å²) in [4.78, 5) is 2.52. The summed E-state index contributed by atoms with van der Waals surface area (Å²) in [5, 5.41) is 1.19. The third kappa shape index (κ3) is 3.54. The Morgan fingerprint density at radius 3 is 2.43 bits per heavy atom. The van der Waals surface area contributed by atoms with E-state index >= 15 is 0 Å². The molecule has 0 saturated heterocycles. The van der Waals surface area contributed by atoms with Crippen LogP contribution in [0.15, 0.2) is 0 Å². The first kappa shape index (κ1) is 12.5. The highest BCUT2D eigenvalue weighted by Gasteiger charge is 2.33. The molecule has 0 aromatic heterocycles. The fourth-order valence-electron chi connectivity index (χ4n) is 2.54. The molecule has 2 heteroatoms. The van der Waals surface area contributed by atoms with Gasteiger partial charge in [0.25, 0.3) is 0 Å². The van der Waals surface area contributed by atoms with Gasteiger partial charge in [-0.15, -0.1) is 0 Å². The van der Waals surface area contributed by atoms with E-state index in [0.29, 0.717) is 5.41 Å². The maximum atomic E-state index is 3.70. The van der Waals surface area contributed by atoms with E-state index in [1.807, 2.05) is 0 Å². The van der Waals surface area contributed by atoms with Gasteiger partial charge in [0.1, 0.15) is 0 Å². The Morgan fingerprint density at radius 1 is 1.29 bits per heavy atom. The monoisotopic (exact) mass is 261 g/mol. The van der Waals surface area contributed by atoms with Gasteiger partial charge in [0.15, 0.2) is 0 Å². The van der Waals surface area contributed by atoms with Crippen molar-refractivity contribution < 1.29 is 0 Å². The average Bonchev–Trinajstić information content (AvgIpc) is 2.64. The zero-order valence-corrected chi connectivity index (χ0v) is 11.3. The molecule has 0 aromatic carbocycles. The van der Waals surface area contributed by atoms with Crippen LogP contribution in [-0.2, 0) is 0 Å². The van der Waals surface area contributed by atoms with Gasteiger partial charge in [-0.25, -0.2) is 0 Å². The van der Waals surface area contributed by atoms with Gasteiger partial charge < -0.3 is 4.90 Å². The second-order valence-corrected chi connectivity index (χ2v) is 5.49. The number of hydrogen-bond acceptors (Lipinski definition) is 1. The van der Waals surface area contributed by atoms with Crippen molar-refractivity contribution in [2.24, 2.45) is 5.41 Å². The molecule has 0 aromatic rings. The van der Waals surface area contributed by atoms with Crippen molar-refractivity contribution >= 4 is 15.9 Å². The Balaban J connectivity index is 2.32. The topological polar surface area (TPSA) is 3.24 Å². The van der Waals surface area contributed by atoms with Gasteiger partial charge in [-0.3, -0.25) is 0 Å². The first-order valence-corrected chi connectivity index (χ1v) is 7.09. The Bertz CT molecular complexity index is 152. The number of nitrogens with zero attached hydrogens (tertiary/aromatic N) is 1. The lowest BCUT2D eigenvalue weighted by molar-refractivity contribution is 0.200. The van der Waals surface area contributed by atoms with E-state index in [1.165, 1.54) is 56.9 Å². The van der Waals surface area contributed by atoms with Gasteiger partial charge in [-0.05, 0) is 38.3 Å². The van der Waals surface area contributed by atoms with Gasteiger partial charge in [0.2, 0.25) is 0 Å². The summed E-state index contributed by atoms with van der Waals surface area (Å²) in [5.74, 6) is 0. The summed E-state index contributed by atoms with van der Waals surface area (Å²) >= 11 is 3.70. The highest BCUT2D eigenvalue weighted by molar-refractivity contribution is 9.09. The molecule has 0 atom stereocenters. The second-order valence-electron chi connectivity index (χ2n) is 4.93. The Morgan fingerprint density at radius 2 is 1.93 bits per heavy atom. The van der Waals surface area contributed by atoms with Crippen LogP contribution in [0.4, 0.5) is 0 Å². The molecule has 0 unspecified atom stereocenters. The summed E-state index contributed by atoms with van der Waals surface area (Å²) in [6.07, 6.45) is 8.38. The van der Waals surface area contributed by atoms with E-state index in [1.54, 1.807) is 0 Å². The molecule has 0 heterocycles. The maximum Gasteiger partial charge on any atom is 0.0100 e. The number of alkyl halides is 1. The molecule has 84 valence electrons. The lowest BCUT2D eigenvalue weighted by Gasteiger charge is -2.31. The first-order valence-electron chi connectivity index (χ1n) is 5.97. The van der Waals surface area contributed by atoms with Crippen LogP contribution in [0.3, 0.4) is 0 Å². The lowest BCUT2D eigenvalue weighted by atomic mass is 9.88. The third-order valence-corrected chi connectivity index (χ3v) is 4.64. The minimum absolute atomic E-state index is 0.600. The minimum Gasteiger partial charge on any atom is -0.306 e. The van der Waals surface area contributed by atoms with Gasteiger partial charge in [-0.1, -0.05) is 42.1 Å². The average molecular weight is 262 g/mol. The zero-order valence-electron chi connectivity index (χ0n) is 9.69. The maximum absolute atomic E-state index is 3.70. The van der Waals surface area contributed by atoms with Gasteiger partial charge >= 0.3 is 0 Å². The van der Waals surface area contributed by atoms with Crippen LogP contribution in [0, 0.1) is 5.41 Å². The smallest absolute Gasteiger partial charge is 0.0100 e. The van der Waals surface area contributed by atoms with Gasteiger partial charge in [0.05, 0.1) is 0 Å². The van der Waals surface area contributed by atoms with E-state index in [-0.39, 0.29) is 0 Å². The number of halogens is 1. The van der Waals surface area contributed by atoms with Gasteiger partial charge in [0, 0.05) is 11.9 Å². The number of rotatable bonds is 6. The Kier molecular flexibility index (Phi) is 5.47. The largest absolute Gasteiger partial charge is 0.306 e. The molecule has 0 radical (unpaired) electrons. The van der Waals surface area contributed by atoms with Crippen LogP contribution in [-0.4, -0.2) is 30.4 Å². The molecule has 1 saturated carbocycles. The molecule has 0 spiro atoms. The summed E-state index contributed by atoms with van der Waals surface area (Å²) in [6.45, 7) is 4.83. The summed E-state index contributed by atoms with van der Waals surface area (Å²) < 4.78 is 0. The van der Waals surface area contributed by atoms with Crippen LogP contribution < -0.4 is 0 Å². The van der Waals surface area contributed by atoms with Crippen molar-refractivity contribution in [2.75, 3.05) is 25.5 Å². The van der Waals surface area contributed by atoms with Crippen LogP contribution >= 0.6 is 15.9 Å². The molecule has 1 aliphatic rings. The summed E-state index contributed by atoms with van der Waals surface area (Å²) in [6, 6.07) is 0. The van der Waals surface area contributed by atoms with Crippen molar-refractivity contribution in [3.63, 3.8) is 0 Å². The predicted molar refractivity (Wildman–Crippen MR) is 67.1 cm³/mol. The van der Waals surface area contributed by atoms with E-state index < -0.39 is 0 Å². The molecule has 14 heavy (non-hydrogen) atoms. The molecule has 1 fully saturated rings. The predicted octanol–water partition coefficient (Wildman–Crippen LogP) is 3.67. The van der Waals surface area contributed by atoms with Crippen LogP contribution in [0.5, 0.6) is 0 Å². The molecular weight excluding hydrogens is 238 g/mol. The van der Waals surface area contributed by atoms with Crippen molar-refractivity contribution in [3.05, 3.63) is 0 Å². The van der Waals surface area contributed by atoms with E-state index in [4.69, 9.17) is 0 Å². The van der Waals surface area contributed by atoms with Crippen LogP contribution in [0.1, 0.15) is 45.4 Å². The molecule has 1 nitrogen and oxygen atoms in total. The normalized spacial score (nSPS) is 20.6. The van der Waals surface area contributed by atoms with Crippen molar-refractivity contribution in [1.82, 2.24) is 4.90 Å². The number of unbranched alkanes of at least 4 members (excludes halogenated alkanes) is 1. The molecule has 1 rings (SSSR count). The van der Waals surface area contributed by atoms with E-state index in [9.17, 15) is 0 Å². The lowest BCUT2D eigenvalue weighted by Crippen LogP contribution is -2.35. The molecule has 0 N–H and O–H groups in total. The number of hydrogen-bond donors (Lipinski definition) is 0. The van der Waals surface area contributed by atoms with Crippen molar-refractivity contribution in [3.8, 4) is 0 Å². The van der Waals surface area contributed by atoms with E-state index in [2.05, 4.69) is 34.8 Å². The summed E-state index contributed by atoms with van der Waals surface area (Å²) in [5.41, 5.74) is 0.600. The highest BCUT2D eigenvalue weighted by atomic mass is 79.9. The first-order chi connectivity index (χ1) is 6.72. The minimum atomic E-state index is 0.600. The molecule has 0 bridgehead atoms. The fraction of sp³-hybridized carbons (Fsp3) is 1.00. The van der Waals surface area contributed by atoms with Crippen molar-refractivity contribution in [1.29, 1.82) is 0 Å². The Hall–Kier alpha value is 0.440. The second kappa shape index (κ2) is 6.12.